The van der Waals surface area contributed by atoms with Gasteiger partial charge in [-0.3, -0.25) is 4.79 Å². The molecule has 2 heterocycles. The van der Waals surface area contributed by atoms with Gasteiger partial charge in [0.2, 0.25) is 5.89 Å². The van der Waals surface area contributed by atoms with E-state index < -0.39 is 35.9 Å². The van der Waals surface area contributed by atoms with Crippen molar-refractivity contribution in [3.63, 3.8) is 0 Å². The van der Waals surface area contributed by atoms with Crippen molar-refractivity contribution in [3.8, 4) is 11.5 Å². The minimum Gasteiger partial charge on any atom is -0.444 e. The zero-order valence-electron chi connectivity index (χ0n) is 23.6. The molecule has 1 unspecified atom stereocenters. The van der Waals surface area contributed by atoms with Crippen molar-refractivity contribution in [2.75, 3.05) is 6.54 Å². The van der Waals surface area contributed by atoms with E-state index in [1.807, 2.05) is 6.92 Å². The van der Waals surface area contributed by atoms with E-state index in [1.54, 1.807) is 56.0 Å². The highest BCUT2D eigenvalue weighted by Gasteiger charge is 2.38. The average Bonchev–Trinajstić information content (AvgIpc) is 3.43. The summed E-state index contributed by atoms with van der Waals surface area (Å²) >= 11 is 0. The van der Waals surface area contributed by atoms with Gasteiger partial charge in [-0.25, -0.2) is 9.18 Å². The smallest absolute Gasteiger partial charge is 0.410 e. The van der Waals surface area contributed by atoms with Gasteiger partial charge in [-0.2, -0.15) is 8.78 Å². The number of ketones is 1. The molecule has 4 rings (SSSR count). The first-order chi connectivity index (χ1) is 19.4. The molecule has 3 aromatic rings. The van der Waals surface area contributed by atoms with Gasteiger partial charge in [0, 0.05) is 17.7 Å². The molecule has 0 aliphatic carbocycles. The van der Waals surface area contributed by atoms with Crippen LogP contribution in [-0.4, -0.2) is 39.1 Å². The topological polar surface area (TPSA) is 85.5 Å². The van der Waals surface area contributed by atoms with Gasteiger partial charge in [0.25, 0.3) is 5.89 Å². The first kappa shape index (κ1) is 30.0. The SMILES string of the molecule is C=C(CC1CCCN(C(=O)OC(C)(C)C)[C@@H]1c1ccc(F)cc1)C(=O)c1cc(-c2nnc(C(F)F)o2)ccc1CC. The maximum absolute atomic E-state index is 13.8. The molecule has 2 atom stereocenters. The van der Waals surface area contributed by atoms with Gasteiger partial charge in [0.1, 0.15) is 11.4 Å². The predicted molar refractivity (Wildman–Crippen MR) is 147 cm³/mol. The third-order valence-corrected chi connectivity index (χ3v) is 7.04. The number of carbonyl (C=O) groups excluding carboxylic acids is 2. The fourth-order valence-corrected chi connectivity index (χ4v) is 5.19. The van der Waals surface area contributed by atoms with E-state index in [0.29, 0.717) is 42.5 Å². The summed E-state index contributed by atoms with van der Waals surface area (Å²) in [4.78, 5) is 28.6. The molecule has 10 heteroatoms. The number of aromatic nitrogens is 2. The van der Waals surface area contributed by atoms with E-state index in [9.17, 15) is 22.8 Å². The van der Waals surface area contributed by atoms with E-state index >= 15 is 0 Å². The molecule has 0 radical (unpaired) electrons. The van der Waals surface area contributed by atoms with Crippen molar-refractivity contribution in [2.24, 2.45) is 5.92 Å². The highest BCUT2D eigenvalue weighted by atomic mass is 19.3. The van der Waals surface area contributed by atoms with Gasteiger partial charge in [0.15, 0.2) is 5.78 Å². The summed E-state index contributed by atoms with van der Waals surface area (Å²) in [5.74, 6) is -1.78. The van der Waals surface area contributed by atoms with Gasteiger partial charge < -0.3 is 14.1 Å². The van der Waals surface area contributed by atoms with E-state index in [2.05, 4.69) is 16.8 Å². The van der Waals surface area contributed by atoms with Crippen LogP contribution in [0.2, 0.25) is 0 Å². The van der Waals surface area contributed by atoms with Gasteiger partial charge in [0.05, 0.1) is 6.04 Å². The second-order valence-electron chi connectivity index (χ2n) is 11.2. The molecule has 0 N–H and O–H groups in total. The number of aryl methyl sites for hydroxylation is 1. The lowest BCUT2D eigenvalue weighted by Crippen LogP contribution is -2.45. The molecule has 1 fully saturated rings. The van der Waals surface area contributed by atoms with E-state index in [0.717, 1.165) is 11.1 Å². The van der Waals surface area contributed by atoms with Crippen LogP contribution in [0.15, 0.2) is 59.0 Å². The third-order valence-electron chi connectivity index (χ3n) is 7.04. The summed E-state index contributed by atoms with van der Waals surface area (Å²) in [7, 11) is 0. The number of Topliss-reactive ketones (excluding diaryl/α,β-unsaturated/α-hetero) is 1. The molecule has 1 aromatic heterocycles. The van der Waals surface area contributed by atoms with Crippen molar-refractivity contribution < 1.29 is 31.9 Å². The van der Waals surface area contributed by atoms with Crippen LogP contribution in [0.4, 0.5) is 18.0 Å². The molecule has 2 aromatic carbocycles. The number of nitrogens with zero attached hydrogens (tertiary/aromatic N) is 3. The minimum atomic E-state index is -2.91. The molecule has 0 saturated carbocycles. The normalized spacial score (nSPS) is 17.5. The van der Waals surface area contributed by atoms with Crippen molar-refractivity contribution in [1.29, 1.82) is 0 Å². The Morgan fingerprint density at radius 2 is 1.85 bits per heavy atom. The Kier molecular flexibility index (Phi) is 8.99. The standard InChI is InChI=1S/C31H34F3N3O4/c1-6-19-9-10-22(28-35-36-29(40-28)27(33)34)17-24(19)26(38)18(2)16-21-8-7-15-37(30(39)41-31(3,4)5)25(21)20-11-13-23(32)14-12-20/h9-14,17,21,25,27H,2,6-8,15-16H2,1,3-5H3/t21?,25-/m1/s1. The lowest BCUT2D eigenvalue weighted by atomic mass is 9.79. The fraction of sp³-hybridized carbons (Fsp3) is 0.419. The molecule has 0 spiro atoms. The number of benzene rings is 2. The number of ether oxygens (including phenoxy) is 1. The van der Waals surface area contributed by atoms with Crippen LogP contribution in [0.1, 0.15) is 86.8 Å². The quantitative estimate of drug-likeness (QED) is 0.203. The Morgan fingerprint density at radius 1 is 1.15 bits per heavy atom. The minimum absolute atomic E-state index is 0.112. The van der Waals surface area contributed by atoms with Gasteiger partial charge in [-0.15, -0.1) is 10.2 Å². The second-order valence-corrected chi connectivity index (χ2v) is 11.2. The third kappa shape index (κ3) is 7.04. The molecule has 41 heavy (non-hydrogen) atoms. The maximum atomic E-state index is 13.8. The average molecular weight is 570 g/mol. The Labute approximate surface area is 237 Å². The first-order valence-corrected chi connectivity index (χ1v) is 13.6. The van der Waals surface area contributed by atoms with Crippen LogP contribution in [0.3, 0.4) is 0 Å². The maximum Gasteiger partial charge on any atom is 0.410 e. The monoisotopic (exact) mass is 569 g/mol. The number of carbonyl (C=O) groups is 2. The number of hydrogen-bond acceptors (Lipinski definition) is 6. The molecule has 1 aliphatic heterocycles. The Morgan fingerprint density at radius 3 is 2.46 bits per heavy atom. The molecule has 1 aliphatic rings. The molecule has 218 valence electrons. The second kappa shape index (κ2) is 12.3. The molecule has 7 nitrogen and oxygen atoms in total. The number of amides is 1. The summed E-state index contributed by atoms with van der Waals surface area (Å²) in [6.45, 7) is 11.8. The number of allylic oxidation sites excluding steroid dienone is 1. The summed E-state index contributed by atoms with van der Waals surface area (Å²) in [5.41, 5.74) is 1.83. The number of hydrogen-bond donors (Lipinski definition) is 0. The molecule has 1 amide bonds. The van der Waals surface area contributed by atoms with Crippen LogP contribution in [0.25, 0.3) is 11.5 Å². The zero-order valence-corrected chi connectivity index (χ0v) is 23.6. The molecular weight excluding hydrogens is 535 g/mol. The molecule has 1 saturated heterocycles. The number of halogens is 3. The van der Waals surface area contributed by atoms with Gasteiger partial charge >= 0.3 is 12.5 Å². The Hall–Kier alpha value is -3.95. The molecular formula is C31H34F3N3O4. The fourth-order valence-electron chi connectivity index (χ4n) is 5.19. The van der Waals surface area contributed by atoms with E-state index in [4.69, 9.17) is 9.15 Å². The summed E-state index contributed by atoms with van der Waals surface area (Å²) in [6, 6.07) is 10.5. The first-order valence-electron chi connectivity index (χ1n) is 13.6. The lowest BCUT2D eigenvalue weighted by Gasteiger charge is -2.42. The zero-order chi connectivity index (χ0) is 29.9. The number of rotatable bonds is 8. The highest BCUT2D eigenvalue weighted by Crippen LogP contribution is 2.41. The van der Waals surface area contributed by atoms with Crippen LogP contribution >= 0.6 is 0 Å². The summed E-state index contributed by atoms with van der Waals surface area (Å²) in [6.07, 6.45) is -1.14. The van der Waals surface area contributed by atoms with Crippen LogP contribution in [0, 0.1) is 11.7 Å². The van der Waals surface area contributed by atoms with Crippen molar-refractivity contribution in [1.82, 2.24) is 15.1 Å². The summed E-state index contributed by atoms with van der Waals surface area (Å²) < 4.78 is 50.5. The van der Waals surface area contributed by atoms with Crippen molar-refractivity contribution in [3.05, 3.63) is 83.0 Å². The van der Waals surface area contributed by atoms with Gasteiger partial charge in [-0.05, 0) is 93.3 Å². The number of alkyl halides is 2. The predicted octanol–water partition coefficient (Wildman–Crippen LogP) is 7.89. The van der Waals surface area contributed by atoms with Crippen LogP contribution in [-0.2, 0) is 11.2 Å². The van der Waals surface area contributed by atoms with Crippen LogP contribution in [0.5, 0.6) is 0 Å². The number of piperidine rings is 1. The van der Waals surface area contributed by atoms with Crippen LogP contribution < -0.4 is 0 Å². The van der Waals surface area contributed by atoms with Gasteiger partial charge in [-0.1, -0.05) is 31.7 Å². The van der Waals surface area contributed by atoms with E-state index in [1.165, 1.54) is 12.1 Å². The Bertz CT molecular complexity index is 1410. The number of likely N-dealkylation sites (tertiary alicyclic amines) is 1. The summed E-state index contributed by atoms with van der Waals surface area (Å²) in [5, 5.41) is 7.07. The lowest BCUT2D eigenvalue weighted by molar-refractivity contribution is -0.000569. The largest absolute Gasteiger partial charge is 0.444 e. The van der Waals surface area contributed by atoms with E-state index in [-0.39, 0.29) is 24.0 Å². The highest BCUT2D eigenvalue weighted by molar-refractivity contribution is 6.09. The Balaban J connectivity index is 1.62. The molecule has 0 bridgehead atoms. The van der Waals surface area contributed by atoms with Crippen molar-refractivity contribution >= 4 is 11.9 Å². The van der Waals surface area contributed by atoms with Crippen molar-refractivity contribution in [2.45, 2.75) is 71.4 Å².